The molecule has 28 heavy (non-hydrogen) atoms. The van der Waals surface area contributed by atoms with Crippen LogP contribution in [-0.4, -0.2) is 38.6 Å². The maximum atomic E-state index is 14.3. The van der Waals surface area contributed by atoms with Gasteiger partial charge in [0, 0.05) is 30.8 Å². The Hall–Kier alpha value is -3.55. The lowest BCUT2D eigenvalue weighted by Crippen LogP contribution is -2.29. The van der Waals surface area contributed by atoms with Gasteiger partial charge in [-0.3, -0.25) is 14.9 Å². The largest absolute Gasteiger partial charge is 0.337 e. The Morgan fingerprint density at radius 2 is 1.82 bits per heavy atom. The van der Waals surface area contributed by atoms with E-state index in [1.807, 2.05) is 0 Å². The van der Waals surface area contributed by atoms with Crippen LogP contribution in [0.1, 0.15) is 23.3 Å². The van der Waals surface area contributed by atoms with Crippen molar-refractivity contribution in [2.24, 2.45) is 0 Å². The first kappa shape index (κ1) is 17.8. The fourth-order valence-corrected chi connectivity index (χ4v) is 3.35. The number of hydrogen-bond acceptors (Lipinski definition) is 4. The second kappa shape index (κ2) is 7.22. The van der Waals surface area contributed by atoms with Crippen molar-refractivity contribution in [3.63, 3.8) is 0 Å². The molecule has 1 aromatic heterocycles. The zero-order valence-corrected chi connectivity index (χ0v) is 14.9. The summed E-state index contributed by atoms with van der Waals surface area (Å²) in [6.45, 7) is 1.29. The molecular weight excluding hydrogens is 363 g/mol. The van der Waals surface area contributed by atoms with Crippen LogP contribution in [0.15, 0.2) is 54.6 Å². The van der Waals surface area contributed by atoms with Crippen molar-refractivity contribution in [1.82, 2.24) is 14.7 Å². The molecule has 1 amide bonds. The zero-order valence-electron chi connectivity index (χ0n) is 14.9. The molecule has 1 fully saturated rings. The summed E-state index contributed by atoms with van der Waals surface area (Å²) in [6, 6.07) is 13.6. The number of hydrogen-bond donors (Lipinski definition) is 0. The summed E-state index contributed by atoms with van der Waals surface area (Å²) in [5.41, 5.74) is 1.08. The predicted octanol–water partition coefficient (Wildman–Crippen LogP) is 3.82. The van der Waals surface area contributed by atoms with E-state index in [1.165, 1.54) is 35.0 Å². The number of carbonyl (C=O) groups is 1. The van der Waals surface area contributed by atoms with Crippen LogP contribution < -0.4 is 0 Å². The summed E-state index contributed by atoms with van der Waals surface area (Å²) >= 11 is 0. The molecule has 2 heterocycles. The zero-order chi connectivity index (χ0) is 19.7. The minimum atomic E-state index is -0.507. The van der Waals surface area contributed by atoms with Crippen LogP contribution in [-0.2, 0) is 0 Å². The Morgan fingerprint density at radius 1 is 1.07 bits per heavy atom. The monoisotopic (exact) mass is 380 g/mol. The third-order valence-electron chi connectivity index (χ3n) is 4.76. The van der Waals surface area contributed by atoms with Gasteiger partial charge in [0.2, 0.25) is 0 Å². The first-order valence-corrected chi connectivity index (χ1v) is 8.93. The van der Waals surface area contributed by atoms with Crippen LogP contribution >= 0.6 is 0 Å². The molecule has 8 heteroatoms. The highest BCUT2D eigenvalue weighted by atomic mass is 19.1. The highest BCUT2D eigenvalue weighted by Crippen LogP contribution is 2.27. The maximum Gasteiger partial charge on any atom is 0.272 e. The lowest BCUT2D eigenvalue weighted by Gasteiger charge is -2.15. The van der Waals surface area contributed by atoms with Gasteiger partial charge < -0.3 is 4.90 Å². The smallest absolute Gasteiger partial charge is 0.272 e. The van der Waals surface area contributed by atoms with E-state index in [4.69, 9.17) is 0 Å². The summed E-state index contributed by atoms with van der Waals surface area (Å²) < 4.78 is 15.6. The number of non-ortho nitro benzene ring substituents is 1. The van der Waals surface area contributed by atoms with Crippen molar-refractivity contribution < 1.29 is 14.1 Å². The lowest BCUT2D eigenvalue weighted by atomic mass is 10.1. The van der Waals surface area contributed by atoms with Crippen LogP contribution in [0.4, 0.5) is 10.1 Å². The molecule has 0 radical (unpaired) electrons. The molecule has 4 rings (SSSR count). The summed E-state index contributed by atoms with van der Waals surface area (Å²) in [7, 11) is 0. The van der Waals surface area contributed by atoms with E-state index in [-0.39, 0.29) is 22.9 Å². The molecule has 142 valence electrons. The Bertz CT molecular complexity index is 1060. The van der Waals surface area contributed by atoms with Gasteiger partial charge in [-0.25, -0.2) is 9.07 Å². The summed E-state index contributed by atoms with van der Waals surface area (Å²) in [4.78, 5) is 25.4. The molecule has 0 atom stereocenters. The number of amides is 1. The molecule has 0 aliphatic carbocycles. The van der Waals surface area contributed by atoms with E-state index in [9.17, 15) is 19.3 Å². The first-order valence-electron chi connectivity index (χ1n) is 8.93. The molecule has 1 saturated heterocycles. The number of nitro benzene ring substituents is 1. The van der Waals surface area contributed by atoms with Crippen LogP contribution in [0.25, 0.3) is 16.9 Å². The molecule has 0 unspecified atom stereocenters. The molecule has 0 bridgehead atoms. The number of likely N-dealkylation sites (tertiary alicyclic amines) is 1. The van der Waals surface area contributed by atoms with Crippen LogP contribution in [0, 0.1) is 15.9 Å². The first-order chi connectivity index (χ1) is 13.5. The predicted molar refractivity (Wildman–Crippen MR) is 101 cm³/mol. The van der Waals surface area contributed by atoms with Gasteiger partial charge in [0.15, 0.2) is 0 Å². The summed E-state index contributed by atoms with van der Waals surface area (Å²) in [5, 5.41) is 15.5. The third-order valence-corrected chi connectivity index (χ3v) is 4.76. The van der Waals surface area contributed by atoms with Gasteiger partial charge in [-0.15, -0.1) is 0 Å². The molecule has 7 nitrogen and oxygen atoms in total. The number of rotatable bonds is 4. The van der Waals surface area contributed by atoms with Gasteiger partial charge in [-0.05, 0) is 37.1 Å². The van der Waals surface area contributed by atoms with Gasteiger partial charge >= 0.3 is 0 Å². The number of carbonyl (C=O) groups excluding carboxylic acids is 1. The molecule has 1 aliphatic heterocycles. The quantitative estimate of drug-likeness (QED) is 0.509. The Labute approximate surface area is 160 Å². The Balaban J connectivity index is 1.86. The number of nitrogens with zero attached hydrogens (tertiary/aromatic N) is 4. The van der Waals surface area contributed by atoms with Crippen molar-refractivity contribution in [3.8, 4) is 16.9 Å². The van der Waals surface area contributed by atoms with Gasteiger partial charge in [0.05, 0.1) is 16.3 Å². The van der Waals surface area contributed by atoms with Crippen molar-refractivity contribution in [2.75, 3.05) is 13.1 Å². The molecule has 0 N–H and O–H groups in total. The van der Waals surface area contributed by atoms with E-state index < -0.39 is 10.7 Å². The van der Waals surface area contributed by atoms with Gasteiger partial charge in [0.25, 0.3) is 11.6 Å². The highest BCUT2D eigenvalue weighted by Gasteiger charge is 2.26. The molecular formula is C20H17FN4O3. The van der Waals surface area contributed by atoms with Gasteiger partial charge in [0.1, 0.15) is 11.5 Å². The average molecular weight is 380 g/mol. The van der Waals surface area contributed by atoms with E-state index in [2.05, 4.69) is 5.10 Å². The van der Waals surface area contributed by atoms with Gasteiger partial charge in [-0.2, -0.15) is 5.10 Å². The maximum absolute atomic E-state index is 14.3. The standard InChI is InChI=1S/C20H17FN4O3/c21-17-9-2-1-8-16(17)18-13-19(20(26)23-10-3-4-11-23)24(22-18)14-6-5-7-15(12-14)25(27)28/h1-2,5-9,12-13H,3-4,10-11H2. The number of nitro groups is 1. The summed E-state index contributed by atoms with van der Waals surface area (Å²) in [5.74, 6) is -0.676. The Morgan fingerprint density at radius 3 is 2.54 bits per heavy atom. The minimum absolute atomic E-state index is 0.111. The third kappa shape index (κ3) is 3.24. The van der Waals surface area contributed by atoms with E-state index in [0.717, 1.165) is 12.8 Å². The fourth-order valence-electron chi connectivity index (χ4n) is 3.35. The van der Waals surface area contributed by atoms with Crippen molar-refractivity contribution in [1.29, 1.82) is 0 Å². The van der Waals surface area contributed by atoms with E-state index in [1.54, 1.807) is 29.2 Å². The van der Waals surface area contributed by atoms with Crippen LogP contribution in [0.5, 0.6) is 0 Å². The topological polar surface area (TPSA) is 81.3 Å². The fraction of sp³-hybridized carbons (Fsp3) is 0.200. The highest BCUT2D eigenvalue weighted by molar-refractivity contribution is 5.94. The number of aromatic nitrogens is 2. The number of halogens is 1. The lowest BCUT2D eigenvalue weighted by molar-refractivity contribution is -0.384. The van der Waals surface area contributed by atoms with E-state index in [0.29, 0.717) is 24.5 Å². The van der Waals surface area contributed by atoms with Crippen molar-refractivity contribution >= 4 is 11.6 Å². The minimum Gasteiger partial charge on any atom is -0.337 e. The van der Waals surface area contributed by atoms with Crippen molar-refractivity contribution in [2.45, 2.75) is 12.8 Å². The second-order valence-electron chi connectivity index (χ2n) is 6.58. The van der Waals surface area contributed by atoms with Crippen LogP contribution in [0.3, 0.4) is 0 Å². The molecule has 2 aromatic carbocycles. The molecule has 3 aromatic rings. The molecule has 0 spiro atoms. The normalized spacial score (nSPS) is 13.7. The molecule has 1 aliphatic rings. The van der Waals surface area contributed by atoms with E-state index >= 15 is 0 Å². The molecule has 0 saturated carbocycles. The second-order valence-corrected chi connectivity index (χ2v) is 6.58. The van der Waals surface area contributed by atoms with Gasteiger partial charge in [-0.1, -0.05) is 18.2 Å². The Kier molecular flexibility index (Phi) is 4.60. The SMILES string of the molecule is O=C(c1cc(-c2ccccc2F)nn1-c1cccc([N+](=O)[O-])c1)N1CCCC1. The average Bonchev–Trinajstić information content (AvgIpc) is 3.38. The van der Waals surface area contributed by atoms with Crippen molar-refractivity contribution in [3.05, 3.63) is 76.2 Å². The van der Waals surface area contributed by atoms with Crippen LogP contribution in [0.2, 0.25) is 0 Å². The number of benzene rings is 2. The summed E-state index contributed by atoms with van der Waals surface area (Å²) in [6.07, 6.45) is 1.85.